The fourth-order valence-corrected chi connectivity index (χ4v) is 3.83. The van der Waals surface area contributed by atoms with Crippen LogP contribution in [0.15, 0.2) is 55.0 Å². The Hall–Kier alpha value is -3.15. The minimum absolute atomic E-state index is 0.114. The van der Waals surface area contributed by atoms with Crippen LogP contribution in [0.25, 0.3) is 0 Å². The van der Waals surface area contributed by atoms with Crippen molar-refractivity contribution in [3.05, 3.63) is 83.5 Å². The number of ketones is 1. The zero-order valence-corrected chi connectivity index (χ0v) is 16.4. The zero-order chi connectivity index (χ0) is 20.4. The Morgan fingerprint density at radius 1 is 1.24 bits per heavy atom. The van der Waals surface area contributed by atoms with E-state index in [1.807, 2.05) is 32.0 Å². The van der Waals surface area contributed by atoms with Gasteiger partial charge in [-0.15, -0.1) is 0 Å². The fraction of sp³-hybridized carbons (Fsp3) is 0.304. The summed E-state index contributed by atoms with van der Waals surface area (Å²) in [5, 5.41) is 0. The lowest BCUT2D eigenvalue weighted by molar-refractivity contribution is -0.120. The normalized spacial score (nSPS) is 20.3. The Bertz CT molecular complexity index is 1040. The van der Waals surface area contributed by atoms with E-state index in [0.29, 0.717) is 24.4 Å². The first kappa shape index (κ1) is 19.2. The van der Waals surface area contributed by atoms with Crippen molar-refractivity contribution >= 4 is 5.78 Å². The van der Waals surface area contributed by atoms with E-state index in [9.17, 15) is 9.18 Å². The molecule has 0 amide bonds. The topological polar surface area (TPSA) is 65.0 Å². The molecule has 6 heteroatoms. The molecule has 2 unspecified atom stereocenters. The summed E-state index contributed by atoms with van der Waals surface area (Å²) in [5.41, 5.74) is 1.86. The Kier molecular flexibility index (Phi) is 5.09. The van der Waals surface area contributed by atoms with E-state index in [1.54, 1.807) is 24.7 Å². The Labute approximate surface area is 169 Å². The van der Waals surface area contributed by atoms with Crippen molar-refractivity contribution in [2.24, 2.45) is 5.92 Å². The molecule has 4 rings (SSSR count). The third-order valence-electron chi connectivity index (χ3n) is 5.50. The second kappa shape index (κ2) is 7.70. The summed E-state index contributed by atoms with van der Waals surface area (Å²) in [4.78, 5) is 25.6. The first-order valence-electron chi connectivity index (χ1n) is 9.59. The van der Waals surface area contributed by atoms with Crippen LogP contribution in [0.5, 0.6) is 5.75 Å². The summed E-state index contributed by atoms with van der Waals surface area (Å²) in [6, 6.07) is 10.2. The van der Waals surface area contributed by atoms with E-state index in [-0.39, 0.29) is 24.1 Å². The fourth-order valence-electron chi connectivity index (χ4n) is 3.83. The lowest BCUT2D eigenvalue weighted by Crippen LogP contribution is -2.24. The molecule has 1 saturated carbocycles. The van der Waals surface area contributed by atoms with Gasteiger partial charge >= 0.3 is 0 Å². The summed E-state index contributed by atoms with van der Waals surface area (Å²) in [6.07, 6.45) is 5.96. The van der Waals surface area contributed by atoms with Gasteiger partial charge in [0.05, 0.1) is 18.5 Å². The largest absolute Gasteiger partial charge is 0.489 e. The second-order valence-electron chi connectivity index (χ2n) is 7.58. The lowest BCUT2D eigenvalue weighted by atomic mass is 9.91. The van der Waals surface area contributed by atoms with E-state index in [1.165, 1.54) is 12.1 Å². The molecule has 0 bridgehead atoms. The minimum Gasteiger partial charge on any atom is -0.489 e. The Morgan fingerprint density at radius 3 is 2.83 bits per heavy atom. The van der Waals surface area contributed by atoms with Crippen LogP contribution in [0, 0.1) is 25.6 Å². The van der Waals surface area contributed by atoms with Crippen molar-refractivity contribution in [1.29, 1.82) is 0 Å². The first-order valence-corrected chi connectivity index (χ1v) is 9.59. The van der Waals surface area contributed by atoms with Gasteiger partial charge in [0.2, 0.25) is 0 Å². The van der Waals surface area contributed by atoms with E-state index >= 15 is 0 Å². The highest BCUT2D eigenvalue weighted by molar-refractivity contribution is 5.88. The number of carbonyl (C=O) groups excluding carboxylic acids is 1. The quantitative estimate of drug-likeness (QED) is 0.613. The minimum atomic E-state index is -0.543. The van der Waals surface area contributed by atoms with Crippen molar-refractivity contribution in [3.8, 4) is 5.75 Å². The summed E-state index contributed by atoms with van der Waals surface area (Å²) in [6.45, 7) is 3.95. The maximum Gasteiger partial charge on any atom is 0.158 e. The summed E-state index contributed by atoms with van der Waals surface area (Å²) in [5.74, 6) is 0.823. The van der Waals surface area contributed by atoms with E-state index in [2.05, 4.69) is 15.0 Å². The van der Waals surface area contributed by atoms with Crippen LogP contribution >= 0.6 is 0 Å². The smallest absolute Gasteiger partial charge is 0.158 e. The number of ether oxygens (including phenoxy) is 1. The second-order valence-corrected chi connectivity index (χ2v) is 7.58. The molecule has 2 atom stereocenters. The Morgan fingerprint density at radius 2 is 2.10 bits per heavy atom. The molecular weight excluding hydrogens is 369 g/mol. The van der Waals surface area contributed by atoms with Crippen LogP contribution in [-0.2, 0) is 16.6 Å². The molecule has 0 spiro atoms. The van der Waals surface area contributed by atoms with Crippen molar-refractivity contribution in [2.75, 3.05) is 6.61 Å². The number of Topliss-reactive ketones (excluding diaryl/α,β-unsaturated/α-hetero) is 1. The number of benzene rings is 1. The van der Waals surface area contributed by atoms with Gasteiger partial charge in [0, 0.05) is 30.1 Å². The zero-order valence-electron chi connectivity index (χ0n) is 16.4. The highest BCUT2D eigenvalue weighted by Crippen LogP contribution is 2.55. The molecule has 0 N–H and O–H groups in total. The van der Waals surface area contributed by atoms with Gasteiger partial charge in [0.25, 0.3) is 0 Å². The number of hydrogen-bond donors (Lipinski definition) is 0. The van der Waals surface area contributed by atoms with E-state index in [0.717, 1.165) is 16.8 Å². The molecule has 1 aliphatic carbocycles. The molecule has 29 heavy (non-hydrogen) atoms. The van der Waals surface area contributed by atoms with Crippen LogP contribution in [0.1, 0.15) is 29.1 Å². The number of hydrogen-bond acceptors (Lipinski definition) is 5. The standard InChI is InChI=1S/C23H22FN3O2/c1-15-22(13-26-16(2)27-15)29-14-23(18-6-3-7-19(24)10-18)11-20(23)21(28)9-17-5-4-8-25-12-17/h3-8,10,12-13,20H,9,11,14H2,1-2H3. The average Bonchev–Trinajstić information content (AvgIpc) is 3.44. The van der Waals surface area contributed by atoms with Crippen LogP contribution in [0.2, 0.25) is 0 Å². The van der Waals surface area contributed by atoms with Gasteiger partial charge in [-0.2, -0.15) is 0 Å². The molecular formula is C23H22FN3O2. The molecule has 1 fully saturated rings. The average molecular weight is 391 g/mol. The lowest BCUT2D eigenvalue weighted by Gasteiger charge is -2.19. The third-order valence-corrected chi connectivity index (χ3v) is 5.50. The molecule has 0 saturated heterocycles. The predicted molar refractivity (Wildman–Crippen MR) is 106 cm³/mol. The summed E-state index contributed by atoms with van der Waals surface area (Å²) >= 11 is 0. The molecule has 1 aromatic carbocycles. The molecule has 0 aliphatic heterocycles. The summed E-state index contributed by atoms with van der Waals surface area (Å²) < 4.78 is 20.0. The first-order chi connectivity index (χ1) is 14.0. The molecule has 2 aromatic heterocycles. The van der Waals surface area contributed by atoms with E-state index < -0.39 is 5.41 Å². The van der Waals surface area contributed by atoms with Gasteiger partial charge < -0.3 is 4.74 Å². The third kappa shape index (κ3) is 4.01. The van der Waals surface area contributed by atoms with Crippen molar-refractivity contribution in [2.45, 2.75) is 32.1 Å². The number of aryl methyl sites for hydroxylation is 2. The maximum atomic E-state index is 13.9. The van der Waals surface area contributed by atoms with Crippen molar-refractivity contribution in [3.63, 3.8) is 0 Å². The van der Waals surface area contributed by atoms with Crippen LogP contribution in [0.4, 0.5) is 4.39 Å². The SMILES string of the molecule is Cc1ncc(OCC2(c3cccc(F)c3)CC2C(=O)Cc2cccnc2)c(C)n1. The number of halogens is 1. The van der Waals surface area contributed by atoms with Gasteiger partial charge in [-0.05, 0) is 49.6 Å². The number of carbonyl (C=O) groups is 1. The molecule has 5 nitrogen and oxygen atoms in total. The number of rotatable bonds is 7. The van der Waals surface area contributed by atoms with Gasteiger partial charge in [-0.25, -0.2) is 14.4 Å². The highest BCUT2D eigenvalue weighted by Gasteiger charge is 2.59. The van der Waals surface area contributed by atoms with Crippen LogP contribution in [-0.4, -0.2) is 27.3 Å². The predicted octanol–water partition coefficient (Wildman–Crippen LogP) is 3.78. The monoisotopic (exact) mass is 391 g/mol. The van der Waals surface area contributed by atoms with Gasteiger partial charge in [0.15, 0.2) is 5.75 Å². The van der Waals surface area contributed by atoms with Crippen molar-refractivity contribution in [1.82, 2.24) is 15.0 Å². The molecule has 2 heterocycles. The van der Waals surface area contributed by atoms with Crippen LogP contribution < -0.4 is 4.74 Å². The number of pyridine rings is 1. The summed E-state index contributed by atoms with van der Waals surface area (Å²) in [7, 11) is 0. The molecule has 3 aromatic rings. The Balaban J connectivity index is 1.57. The molecule has 0 radical (unpaired) electrons. The van der Waals surface area contributed by atoms with Gasteiger partial charge in [-0.1, -0.05) is 18.2 Å². The van der Waals surface area contributed by atoms with Gasteiger partial charge in [-0.3, -0.25) is 9.78 Å². The highest BCUT2D eigenvalue weighted by atomic mass is 19.1. The van der Waals surface area contributed by atoms with Crippen molar-refractivity contribution < 1.29 is 13.9 Å². The number of aromatic nitrogens is 3. The van der Waals surface area contributed by atoms with Gasteiger partial charge in [0.1, 0.15) is 17.4 Å². The van der Waals surface area contributed by atoms with Crippen LogP contribution in [0.3, 0.4) is 0 Å². The van der Waals surface area contributed by atoms with E-state index in [4.69, 9.17) is 4.74 Å². The molecule has 1 aliphatic rings. The maximum absolute atomic E-state index is 13.9. The molecule has 148 valence electrons. The number of nitrogens with zero attached hydrogens (tertiary/aromatic N) is 3.